The fourth-order valence-electron chi connectivity index (χ4n) is 2.78. The number of benzene rings is 2. The van der Waals surface area contributed by atoms with Gasteiger partial charge in [-0.1, -0.05) is 24.3 Å². The molecular formula is C20H14F2N2O2S2. The van der Waals surface area contributed by atoms with Gasteiger partial charge in [-0.25, -0.2) is 17.2 Å². The van der Waals surface area contributed by atoms with Crippen LogP contribution < -0.4 is 4.31 Å². The van der Waals surface area contributed by atoms with Crippen LogP contribution in [0.25, 0.3) is 10.2 Å². The largest absolute Gasteiger partial charge is 0.265 e. The molecule has 0 amide bonds. The Bertz CT molecular complexity index is 1210. The zero-order valence-electron chi connectivity index (χ0n) is 14.4. The molecule has 0 N–H and O–H groups in total. The molecule has 0 fully saturated rings. The summed E-state index contributed by atoms with van der Waals surface area (Å²) in [5.74, 6) is -2.00. The third-order valence-corrected chi connectivity index (χ3v) is 7.16. The molecule has 0 saturated carbocycles. The Morgan fingerprint density at radius 2 is 1.71 bits per heavy atom. The van der Waals surface area contributed by atoms with Crippen molar-refractivity contribution in [3.05, 3.63) is 90.1 Å². The topological polar surface area (TPSA) is 50.3 Å². The lowest BCUT2D eigenvalue weighted by Gasteiger charge is -2.23. The van der Waals surface area contributed by atoms with Crippen molar-refractivity contribution in [3.63, 3.8) is 0 Å². The molecule has 2 aromatic carbocycles. The van der Waals surface area contributed by atoms with Gasteiger partial charge < -0.3 is 0 Å². The lowest BCUT2D eigenvalue weighted by Crippen LogP contribution is -2.30. The summed E-state index contributed by atoms with van der Waals surface area (Å²) in [7, 11) is -3.92. The molecule has 0 spiro atoms. The lowest BCUT2D eigenvalue weighted by atomic mass is 10.2. The number of thiophene rings is 1. The highest BCUT2D eigenvalue weighted by Gasteiger charge is 2.27. The number of fused-ring (bicyclic) bond motifs is 1. The minimum Gasteiger partial charge on any atom is -0.255 e. The molecule has 0 radical (unpaired) electrons. The number of sulfonamides is 1. The number of hydrogen-bond acceptors (Lipinski definition) is 4. The molecule has 142 valence electrons. The summed E-state index contributed by atoms with van der Waals surface area (Å²) in [6, 6.07) is 16.7. The van der Waals surface area contributed by atoms with E-state index in [2.05, 4.69) is 4.98 Å². The van der Waals surface area contributed by atoms with Gasteiger partial charge in [-0.05, 0) is 48.0 Å². The van der Waals surface area contributed by atoms with Crippen molar-refractivity contribution in [2.24, 2.45) is 0 Å². The van der Waals surface area contributed by atoms with E-state index in [1.54, 1.807) is 36.5 Å². The molecule has 0 aliphatic heterocycles. The Labute approximate surface area is 164 Å². The minimum atomic E-state index is -3.92. The summed E-state index contributed by atoms with van der Waals surface area (Å²) in [4.78, 5) is 4.37. The highest BCUT2D eigenvalue weighted by Crippen LogP contribution is 2.35. The molecular weight excluding hydrogens is 402 g/mol. The molecule has 8 heteroatoms. The van der Waals surface area contributed by atoms with Crippen molar-refractivity contribution < 1.29 is 17.2 Å². The molecule has 28 heavy (non-hydrogen) atoms. The summed E-state index contributed by atoms with van der Waals surface area (Å²) in [5, 5.41) is 0.447. The van der Waals surface area contributed by atoms with E-state index in [9.17, 15) is 17.2 Å². The lowest BCUT2D eigenvalue weighted by molar-refractivity contribution is 0.507. The third-order valence-electron chi connectivity index (χ3n) is 4.16. The molecule has 0 aliphatic rings. The summed E-state index contributed by atoms with van der Waals surface area (Å²) < 4.78 is 55.6. The molecule has 2 aromatic heterocycles. The van der Waals surface area contributed by atoms with Gasteiger partial charge in [0.05, 0.1) is 21.7 Å². The smallest absolute Gasteiger partial charge is 0.255 e. The Morgan fingerprint density at radius 3 is 2.43 bits per heavy atom. The SMILES string of the molecule is O=S(=O)(c1ccccc1)N(Cc1ccc(F)c(F)c1)c1cc2ncccc2s1. The Kier molecular flexibility index (Phi) is 4.82. The van der Waals surface area contributed by atoms with Gasteiger partial charge in [-0.15, -0.1) is 11.3 Å². The van der Waals surface area contributed by atoms with Crippen LogP contribution in [0, 0.1) is 11.6 Å². The Morgan fingerprint density at radius 1 is 0.929 bits per heavy atom. The summed E-state index contributed by atoms with van der Waals surface area (Å²) in [5.41, 5.74) is 1.00. The fraction of sp³-hybridized carbons (Fsp3) is 0.0500. The molecule has 0 saturated heterocycles. The standard InChI is InChI=1S/C20H14F2N2O2S2/c21-16-9-8-14(11-17(16)22)13-24(28(25,26)15-5-2-1-3-6-15)20-12-18-19(27-20)7-4-10-23-18/h1-12H,13H2. The first-order valence-corrected chi connectivity index (χ1v) is 10.6. The second-order valence-electron chi connectivity index (χ2n) is 6.04. The van der Waals surface area contributed by atoms with Gasteiger partial charge in [0.2, 0.25) is 0 Å². The fourth-order valence-corrected chi connectivity index (χ4v) is 5.48. The number of rotatable bonds is 5. The molecule has 4 aromatic rings. The Hall–Kier alpha value is -2.84. The van der Waals surface area contributed by atoms with Gasteiger partial charge in [-0.3, -0.25) is 9.29 Å². The average Bonchev–Trinajstić information content (AvgIpc) is 3.13. The maximum atomic E-state index is 13.7. The molecule has 0 unspecified atom stereocenters. The predicted octanol–water partition coefficient (Wildman–Crippen LogP) is 4.97. The van der Waals surface area contributed by atoms with Gasteiger partial charge in [0.25, 0.3) is 10.0 Å². The van der Waals surface area contributed by atoms with E-state index in [4.69, 9.17) is 0 Å². The van der Waals surface area contributed by atoms with Gasteiger partial charge in [-0.2, -0.15) is 0 Å². The van der Waals surface area contributed by atoms with Crippen molar-refractivity contribution in [1.29, 1.82) is 0 Å². The van der Waals surface area contributed by atoms with Crippen LogP contribution in [0.4, 0.5) is 13.8 Å². The van der Waals surface area contributed by atoms with Crippen LogP contribution in [0.1, 0.15) is 5.56 Å². The van der Waals surface area contributed by atoms with E-state index in [0.29, 0.717) is 16.1 Å². The van der Waals surface area contributed by atoms with Crippen molar-refractivity contribution in [2.45, 2.75) is 11.4 Å². The van der Waals surface area contributed by atoms with Crippen molar-refractivity contribution in [1.82, 2.24) is 4.98 Å². The van der Waals surface area contributed by atoms with E-state index >= 15 is 0 Å². The first-order valence-electron chi connectivity index (χ1n) is 8.31. The maximum Gasteiger partial charge on any atom is 0.265 e. The zero-order valence-corrected chi connectivity index (χ0v) is 16.1. The second-order valence-corrected chi connectivity index (χ2v) is 8.97. The van der Waals surface area contributed by atoms with Gasteiger partial charge in [0, 0.05) is 6.20 Å². The van der Waals surface area contributed by atoms with E-state index in [-0.39, 0.29) is 11.4 Å². The monoisotopic (exact) mass is 416 g/mol. The van der Waals surface area contributed by atoms with E-state index < -0.39 is 21.7 Å². The third kappa shape index (κ3) is 3.48. The molecule has 0 aliphatic carbocycles. The van der Waals surface area contributed by atoms with Gasteiger partial charge in [0.1, 0.15) is 5.00 Å². The van der Waals surface area contributed by atoms with Crippen LogP contribution >= 0.6 is 11.3 Å². The minimum absolute atomic E-state index is 0.114. The molecule has 2 heterocycles. The van der Waals surface area contributed by atoms with Crippen LogP contribution in [-0.4, -0.2) is 13.4 Å². The first kappa shape index (κ1) is 18.5. The molecule has 0 bridgehead atoms. The number of anilines is 1. The quantitative estimate of drug-likeness (QED) is 0.462. The average molecular weight is 416 g/mol. The molecule has 0 atom stereocenters. The van der Waals surface area contributed by atoms with E-state index in [0.717, 1.165) is 16.8 Å². The Balaban J connectivity index is 1.83. The van der Waals surface area contributed by atoms with Crippen LogP contribution in [0.15, 0.2) is 77.8 Å². The number of halogens is 2. The highest BCUT2D eigenvalue weighted by atomic mass is 32.2. The van der Waals surface area contributed by atoms with Gasteiger partial charge in [0.15, 0.2) is 11.6 Å². The van der Waals surface area contributed by atoms with Crippen molar-refractivity contribution >= 4 is 36.6 Å². The van der Waals surface area contributed by atoms with Crippen molar-refractivity contribution in [2.75, 3.05) is 4.31 Å². The van der Waals surface area contributed by atoms with Gasteiger partial charge >= 0.3 is 0 Å². The maximum absolute atomic E-state index is 13.7. The number of nitrogens with zero attached hydrogens (tertiary/aromatic N) is 2. The highest BCUT2D eigenvalue weighted by molar-refractivity contribution is 7.93. The van der Waals surface area contributed by atoms with Crippen LogP contribution in [-0.2, 0) is 16.6 Å². The van der Waals surface area contributed by atoms with Crippen molar-refractivity contribution in [3.8, 4) is 0 Å². The van der Waals surface area contributed by atoms with E-state index in [1.165, 1.54) is 33.8 Å². The molecule has 4 rings (SSSR count). The van der Waals surface area contributed by atoms with Crippen LogP contribution in [0.2, 0.25) is 0 Å². The number of pyridine rings is 1. The zero-order chi connectivity index (χ0) is 19.7. The predicted molar refractivity (Wildman–Crippen MR) is 106 cm³/mol. The van der Waals surface area contributed by atoms with E-state index in [1.807, 2.05) is 6.07 Å². The number of aromatic nitrogens is 1. The van der Waals surface area contributed by atoms with Crippen LogP contribution in [0.5, 0.6) is 0 Å². The first-order chi connectivity index (χ1) is 13.4. The summed E-state index contributed by atoms with van der Waals surface area (Å²) in [6.07, 6.45) is 1.63. The number of hydrogen-bond donors (Lipinski definition) is 0. The summed E-state index contributed by atoms with van der Waals surface area (Å²) >= 11 is 1.27. The summed E-state index contributed by atoms with van der Waals surface area (Å²) in [6.45, 7) is -0.138. The molecule has 4 nitrogen and oxygen atoms in total. The van der Waals surface area contributed by atoms with Crippen LogP contribution in [0.3, 0.4) is 0 Å². The normalized spacial score (nSPS) is 11.6. The second kappa shape index (κ2) is 7.29.